The van der Waals surface area contributed by atoms with Gasteiger partial charge in [-0.3, -0.25) is 14.8 Å². The Balaban J connectivity index is 1.70. The second-order valence-corrected chi connectivity index (χ2v) is 9.95. The molecule has 0 saturated carbocycles. The van der Waals surface area contributed by atoms with Gasteiger partial charge in [-0.15, -0.1) is 0 Å². The lowest BCUT2D eigenvalue weighted by Crippen LogP contribution is -2.46. The van der Waals surface area contributed by atoms with Gasteiger partial charge < -0.3 is 5.32 Å². The Morgan fingerprint density at radius 3 is 1.91 bits per heavy atom. The fraction of sp³-hybridized carbons (Fsp3) is 0.231. The van der Waals surface area contributed by atoms with Crippen molar-refractivity contribution in [1.29, 1.82) is 0 Å². The first-order valence-electron chi connectivity index (χ1n) is 11.1. The minimum Gasteiger partial charge on any atom is -0.358 e. The average Bonchev–Trinajstić information content (AvgIpc) is 2.87. The van der Waals surface area contributed by atoms with E-state index < -0.39 is 27.9 Å². The van der Waals surface area contributed by atoms with E-state index in [2.05, 4.69) is 10.0 Å². The van der Waals surface area contributed by atoms with Crippen LogP contribution >= 0.6 is 0 Å². The van der Waals surface area contributed by atoms with Gasteiger partial charge in [0, 0.05) is 13.5 Å². The van der Waals surface area contributed by atoms with E-state index in [1.54, 1.807) is 17.6 Å². The lowest BCUT2D eigenvalue weighted by Gasteiger charge is -2.18. The number of carbonyl (C=O) groups excluding carboxylic acids is 2. The van der Waals surface area contributed by atoms with Crippen LogP contribution in [0.1, 0.15) is 23.1 Å². The summed E-state index contributed by atoms with van der Waals surface area (Å²) in [4.78, 5) is 23.7. The molecule has 1 atom stereocenters. The molecule has 35 heavy (non-hydrogen) atoms. The van der Waals surface area contributed by atoms with Crippen LogP contribution in [0.3, 0.4) is 0 Å². The molecule has 0 aliphatic rings. The van der Waals surface area contributed by atoms with Gasteiger partial charge in [0.1, 0.15) is 6.04 Å². The minimum absolute atomic E-state index is 0.104. The molecule has 0 aliphatic heterocycles. The molecular weight excluding hydrogens is 466 g/mol. The number of hydrogen-bond acceptors (Lipinski definition) is 5. The zero-order valence-electron chi connectivity index (χ0n) is 19.6. The summed E-state index contributed by atoms with van der Waals surface area (Å²) in [6, 6.07) is 20.8. The maximum atomic E-state index is 12.8. The number of likely N-dealkylation sites (N-methyl/N-ethyl adjacent to an activating group) is 1. The Morgan fingerprint density at radius 1 is 0.857 bits per heavy atom. The molecule has 4 N–H and O–H groups in total. The molecule has 0 spiro atoms. The molecule has 3 aromatic carbocycles. The summed E-state index contributed by atoms with van der Waals surface area (Å²) in [5.41, 5.74) is 6.29. The van der Waals surface area contributed by atoms with Gasteiger partial charge in [-0.1, -0.05) is 66.2 Å². The molecule has 3 rings (SSSR count). The molecule has 8 nitrogen and oxygen atoms in total. The quantitative estimate of drug-likeness (QED) is 0.254. The van der Waals surface area contributed by atoms with Gasteiger partial charge in [0.05, 0.1) is 4.90 Å². The summed E-state index contributed by atoms with van der Waals surface area (Å²) < 4.78 is 28.1. The number of benzene rings is 3. The number of aryl methyl sites for hydroxylation is 2. The van der Waals surface area contributed by atoms with Crippen LogP contribution in [0.5, 0.6) is 0 Å². The molecular formula is C26H29N3O5S. The lowest BCUT2D eigenvalue weighted by atomic mass is 9.99. The fourth-order valence-corrected chi connectivity index (χ4v) is 4.78. The van der Waals surface area contributed by atoms with Crippen molar-refractivity contribution in [2.45, 2.75) is 37.1 Å². The second kappa shape index (κ2) is 11.7. The summed E-state index contributed by atoms with van der Waals surface area (Å²) in [5, 5.41) is 11.1. The van der Waals surface area contributed by atoms with Gasteiger partial charge >= 0.3 is 0 Å². The molecule has 184 valence electrons. The van der Waals surface area contributed by atoms with Gasteiger partial charge in [0.15, 0.2) is 0 Å². The van der Waals surface area contributed by atoms with Gasteiger partial charge in [-0.05, 0) is 54.2 Å². The number of amides is 2. The van der Waals surface area contributed by atoms with Crippen LogP contribution in [-0.4, -0.2) is 38.5 Å². The highest BCUT2D eigenvalue weighted by molar-refractivity contribution is 7.89. The monoisotopic (exact) mass is 495 g/mol. The van der Waals surface area contributed by atoms with E-state index in [0.29, 0.717) is 6.42 Å². The van der Waals surface area contributed by atoms with E-state index in [1.165, 1.54) is 19.2 Å². The van der Waals surface area contributed by atoms with Crippen molar-refractivity contribution in [2.75, 3.05) is 7.05 Å². The molecule has 9 heteroatoms. The third-order valence-electron chi connectivity index (χ3n) is 5.64. The zero-order chi connectivity index (χ0) is 25.4. The standard InChI is InChI=1S/C26H29N3O5S/c1-18-3-14-23(15-4-18)35(33,34)29-24(26(31)27-2)17-20-7-12-22(13-8-20)21-10-5-19(6-11-21)9-16-25(30)28-32/h3-8,10-15,24,29,32H,9,16-17H2,1-2H3,(H,27,31)(H,28,30). The van der Waals surface area contributed by atoms with Crippen LogP contribution in [0.2, 0.25) is 0 Å². The highest BCUT2D eigenvalue weighted by atomic mass is 32.2. The van der Waals surface area contributed by atoms with Crippen molar-refractivity contribution in [3.05, 3.63) is 89.5 Å². The first-order chi connectivity index (χ1) is 16.7. The van der Waals surface area contributed by atoms with Crippen molar-refractivity contribution in [3.63, 3.8) is 0 Å². The molecule has 2 amide bonds. The first-order valence-corrected chi connectivity index (χ1v) is 12.6. The van der Waals surface area contributed by atoms with Crippen molar-refractivity contribution >= 4 is 21.8 Å². The zero-order valence-corrected chi connectivity index (χ0v) is 20.4. The summed E-state index contributed by atoms with van der Waals surface area (Å²) >= 11 is 0. The van der Waals surface area contributed by atoms with Crippen molar-refractivity contribution in [1.82, 2.24) is 15.5 Å². The van der Waals surface area contributed by atoms with E-state index in [9.17, 15) is 18.0 Å². The van der Waals surface area contributed by atoms with Gasteiger partial charge in [0.25, 0.3) is 0 Å². The third kappa shape index (κ3) is 7.22. The second-order valence-electron chi connectivity index (χ2n) is 8.23. The minimum atomic E-state index is -3.87. The topological polar surface area (TPSA) is 125 Å². The summed E-state index contributed by atoms with van der Waals surface area (Å²) in [6.07, 6.45) is 0.909. The molecule has 0 bridgehead atoms. The van der Waals surface area contributed by atoms with E-state index >= 15 is 0 Å². The van der Waals surface area contributed by atoms with Crippen LogP contribution in [0, 0.1) is 6.92 Å². The third-order valence-corrected chi connectivity index (χ3v) is 7.13. The fourth-order valence-electron chi connectivity index (χ4n) is 3.58. The van der Waals surface area contributed by atoms with E-state index in [1.807, 2.05) is 55.5 Å². The van der Waals surface area contributed by atoms with Gasteiger partial charge in [-0.25, -0.2) is 13.9 Å². The molecule has 0 aromatic heterocycles. The Morgan fingerprint density at radius 2 is 1.40 bits per heavy atom. The number of rotatable bonds is 10. The van der Waals surface area contributed by atoms with Crippen LogP contribution in [-0.2, 0) is 32.5 Å². The smallest absolute Gasteiger partial charge is 0.243 e. The van der Waals surface area contributed by atoms with E-state index in [4.69, 9.17) is 5.21 Å². The van der Waals surface area contributed by atoms with Gasteiger partial charge in [0.2, 0.25) is 21.8 Å². The molecule has 0 radical (unpaired) electrons. The van der Waals surface area contributed by atoms with Crippen LogP contribution < -0.4 is 15.5 Å². The first kappa shape index (κ1) is 26.1. The molecule has 0 heterocycles. The maximum absolute atomic E-state index is 12.8. The highest BCUT2D eigenvalue weighted by Gasteiger charge is 2.25. The van der Waals surface area contributed by atoms with E-state index in [0.717, 1.165) is 27.8 Å². The molecule has 3 aromatic rings. The van der Waals surface area contributed by atoms with Crippen molar-refractivity contribution < 1.29 is 23.2 Å². The summed E-state index contributed by atoms with van der Waals surface area (Å²) in [6.45, 7) is 1.87. The number of carbonyl (C=O) groups is 2. The van der Waals surface area contributed by atoms with Crippen LogP contribution in [0.15, 0.2) is 77.7 Å². The lowest BCUT2D eigenvalue weighted by molar-refractivity contribution is -0.129. The Labute approximate surface area is 205 Å². The number of nitrogens with one attached hydrogen (secondary N) is 3. The van der Waals surface area contributed by atoms with Gasteiger partial charge in [-0.2, -0.15) is 4.72 Å². The maximum Gasteiger partial charge on any atom is 0.243 e. The Bertz CT molecular complexity index is 1260. The van der Waals surface area contributed by atoms with Crippen molar-refractivity contribution in [2.24, 2.45) is 0 Å². The predicted molar refractivity (Wildman–Crippen MR) is 133 cm³/mol. The van der Waals surface area contributed by atoms with Crippen LogP contribution in [0.4, 0.5) is 0 Å². The largest absolute Gasteiger partial charge is 0.358 e. The Hall–Kier alpha value is -3.53. The predicted octanol–water partition coefficient (Wildman–Crippen LogP) is 2.74. The summed E-state index contributed by atoms with van der Waals surface area (Å²) in [7, 11) is -2.40. The SMILES string of the molecule is CNC(=O)C(Cc1ccc(-c2ccc(CCC(=O)NO)cc2)cc1)NS(=O)(=O)c1ccc(C)cc1. The average molecular weight is 496 g/mol. The highest BCUT2D eigenvalue weighted by Crippen LogP contribution is 2.22. The van der Waals surface area contributed by atoms with Crippen LogP contribution in [0.25, 0.3) is 11.1 Å². The number of hydrogen-bond donors (Lipinski definition) is 4. The van der Waals surface area contributed by atoms with Crippen molar-refractivity contribution in [3.8, 4) is 11.1 Å². The molecule has 0 saturated heterocycles. The number of sulfonamides is 1. The molecule has 1 unspecified atom stereocenters. The number of hydroxylamine groups is 1. The Kier molecular flexibility index (Phi) is 8.75. The van der Waals surface area contributed by atoms with E-state index in [-0.39, 0.29) is 17.7 Å². The summed E-state index contributed by atoms with van der Waals surface area (Å²) in [5.74, 6) is -0.851. The molecule has 0 fully saturated rings. The normalized spacial score (nSPS) is 12.1. The molecule has 0 aliphatic carbocycles.